The zero-order valence-corrected chi connectivity index (χ0v) is 16.7. The summed E-state index contributed by atoms with van der Waals surface area (Å²) in [4.78, 5) is 0. The first-order chi connectivity index (χ1) is 13.2. The summed E-state index contributed by atoms with van der Waals surface area (Å²) in [5.41, 5.74) is 4.36. The van der Waals surface area contributed by atoms with Crippen molar-refractivity contribution >= 4 is 33.2 Å². The van der Waals surface area contributed by atoms with E-state index >= 15 is 0 Å². The van der Waals surface area contributed by atoms with Crippen molar-refractivity contribution in [2.75, 3.05) is 0 Å². The molecule has 0 radical (unpaired) electrons. The smallest absolute Gasteiger partial charge is 0.213 e. The van der Waals surface area contributed by atoms with E-state index in [1.165, 1.54) is 0 Å². The van der Waals surface area contributed by atoms with Crippen LogP contribution in [0, 0.1) is 0 Å². The van der Waals surface area contributed by atoms with Crippen LogP contribution >= 0.6 is 27.5 Å². The SMILES string of the molecule is Clc1ccc2c(c1)[C@H]1CC(c3ccc(Br)cc3)=NN1[C@@H](c1ccccc1)O2. The number of benzene rings is 3. The summed E-state index contributed by atoms with van der Waals surface area (Å²) >= 11 is 9.77. The molecule has 0 bridgehead atoms. The Hall–Kier alpha value is -2.30. The molecule has 0 saturated heterocycles. The zero-order valence-electron chi connectivity index (χ0n) is 14.3. The van der Waals surface area contributed by atoms with Gasteiger partial charge >= 0.3 is 0 Å². The summed E-state index contributed by atoms with van der Waals surface area (Å²) in [5.74, 6) is 0.877. The highest BCUT2D eigenvalue weighted by atomic mass is 79.9. The Labute approximate surface area is 171 Å². The van der Waals surface area contributed by atoms with E-state index in [0.717, 1.165) is 39.0 Å². The molecule has 0 saturated carbocycles. The molecule has 3 aromatic rings. The van der Waals surface area contributed by atoms with Gasteiger partial charge in [0.2, 0.25) is 6.23 Å². The van der Waals surface area contributed by atoms with Crippen LogP contribution in [-0.4, -0.2) is 10.7 Å². The Bertz CT molecular complexity index is 1020. The molecule has 134 valence electrons. The fraction of sp³-hybridized carbons (Fsp3) is 0.136. The summed E-state index contributed by atoms with van der Waals surface area (Å²) in [7, 11) is 0. The van der Waals surface area contributed by atoms with Crippen LogP contribution in [-0.2, 0) is 0 Å². The highest BCUT2D eigenvalue weighted by Crippen LogP contribution is 2.48. The van der Waals surface area contributed by atoms with Gasteiger partial charge in [0.25, 0.3) is 0 Å². The molecule has 0 amide bonds. The van der Waals surface area contributed by atoms with Crippen LogP contribution in [0.15, 0.2) is 82.4 Å². The molecule has 0 fully saturated rings. The number of halogens is 2. The highest BCUT2D eigenvalue weighted by Gasteiger charge is 2.40. The Kier molecular flexibility index (Phi) is 4.18. The van der Waals surface area contributed by atoms with Crippen molar-refractivity contribution in [2.45, 2.75) is 18.7 Å². The van der Waals surface area contributed by atoms with Gasteiger partial charge in [-0.15, -0.1) is 0 Å². The maximum Gasteiger partial charge on any atom is 0.213 e. The van der Waals surface area contributed by atoms with Crippen molar-refractivity contribution < 1.29 is 4.74 Å². The minimum atomic E-state index is -0.252. The van der Waals surface area contributed by atoms with E-state index in [9.17, 15) is 0 Å². The summed E-state index contributed by atoms with van der Waals surface area (Å²) in [6.45, 7) is 0. The van der Waals surface area contributed by atoms with E-state index < -0.39 is 0 Å². The van der Waals surface area contributed by atoms with Crippen molar-refractivity contribution in [1.29, 1.82) is 0 Å². The lowest BCUT2D eigenvalue weighted by atomic mass is 9.96. The summed E-state index contributed by atoms with van der Waals surface area (Å²) in [6, 6.07) is 24.5. The van der Waals surface area contributed by atoms with E-state index in [-0.39, 0.29) is 12.3 Å². The first-order valence-corrected chi connectivity index (χ1v) is 9.99. The second-order valence-corrected chi connectivity index (χ2v) is 8.07. The average molecular weight is 440 g/mol. The van der Waals surface area contributed by atoms with Gasteiger partial charge in [0.15, 0.2) is 0 Å². The normalized spacial score (nSPS) is 20.5. The van der Waals surface area contributed by atoms with Crippen LogP contribution in [0.3, 0.4) is 0 Å². The number of fused-ring (bicyclic) bond motifs is 3. The molecule has 2 aliphatic rings. The maximum absolute atomic E-state index is 6.34. The highest BCUT2D eigenvalue weighted by molar-refractivity contribution is 9.10. The van der Waals surface area contributed by atoms with Gasteiger partial charge in [-0.25, -0.2) is 5.01 Å². The molecule has 0 aliphatic carbocycles. The van der Waals surface area contributed by atoms with E-state index in [2.05, 4.69) is 45.2 Å². The molecule has 3 aromatic carbocycles. The number of hydrazone groups is 1. The maximum atomic E-state index is 6.34. The molecule has 5 heteroatoms. The number of hydrogen-bond donors (Lipinski definition) is 0. The second-order valence-electron chi connectivity index (χ2n) is 6.72. The first-order valence-electron chi connectivity index (χ1n) is 8.82. The Morgan fingerprint density at radius 3 is 2.56 bits per heavy atom. The number of ether oxygens (including phenoxy) is 1. The van der Waals surface area contributed by atoms with Gasteiger partial charge in [-0.3, -0.25) is 0 Å². The number of hydrogen-bond acceptors (Lipinski definition) is 3. The van der Waals surface area contributed by atoms with Crippen molar-refractivity contribution in [3.05, 3.63) is 99.0 Å². The fourth-order valence-corrected chi connectivity index (χ4v) is 4.16. The predicted molar refractivity (Wildman–Crippen MR) is 111 cm³/mol. The molecular formula is C22H16BrClN2O. The molecule has 0 unspecified atom stereocenters. The van der Waals surface area contributed by atoms with Gasteiger partial charge in [-0.05, 0) is 35.9 Å². The Morgan fingerprint density at radius 2 is 1.78 bits per heavy atom. The lowest BCUT2D eigenvalue weighted by molar-refractivity contribution is -0.0190. The third-order valence-corrected chi connectivity index (χ3v) is 5.78. The molecule has 27 heavy (non-hydrogen) atoms. The minimum absolute atomic E-state index is 0.108. The van der Waals surface area contributed by atoms with Crippen molar-refractivity contribution in [3.63, 3.8) is 0 Å². The number of rotatable bonds is 2. The topological polar surface area (TPSA) is 24.8 Å². The standard InChI is InChI=1S/C22H16BrClN2O/c23-16-8-6-14(7-9-16)19-13-20-18-12-17(24)10-11-21(18)27-22(26(20)25-19)15-4-2-1-3-5-15/h1-12,20,22H,13H2/t20-,22-/m1/s1. The summed E-state index contributed by atoms with van der Waals surface area (Å²) < 4.78 is 7.40. The Morgan fingerprint density at radius 1 is 1.00 bits per heavy atom. The zero-order chi connectivity index (χ0) is 18.4. The minimum Gasteiger partial charge on any atom is -0.464 e. The van der Waals surface area contributed by atoms with Crippen LogP contribution in [0.1, 0.15) is 35.4 Å². The van der Waals surface area contributed by atoms with Crippen LogP contribution < -0.4 is 4.74 Å². The molecule has 0 spiro atoms. The van der Waals surface area contributed by atoms with Crippen molar-refractivity contribution in [2.24, 2.45) is 5.10 Å². The molecule has 3 nitrogen and oxygen atoms in total. The van der Waals surface area contributed by atoms with Gasteiger partial charge in [0.1, 0.15) is 5.75 Å². The van der Waals surface area contributed by atoms with Crippen molar-refractivity contribution in [1.82, 2.24) is 5.01 Å². The molecule has 2 heterocycles. The van der Waals surface area contributed by atoms with Crippen LogP contribution in [0.5, 0.6) is 5.75 Å². The lowest BCUT2D eigenvalue weighted by Crippen LogP contribution is -2.33. The molecule has 2 aliphatic heterocycles. The quantitative estimate of drug-likeness (QED) is 0.465. The third-order valence-electron chi connectivity index (χ3n) is 5.01. The Balaban J connectivity index is 1.60. The molecule has 5 rings (SSSR count). The monoisotopic (exact) mass is 438 g/mol. The van der Waals surface area contributed by atoms with E-state index in [1.807, 2.05) is 48.5 Å². The lowest BCUT2D eigenvalue weighted by Gasteiger charge is -2.38. The van der Waals surface area contributed by atoms with Gasteiger partial charge in [0.05, 0.1) is 11.8 Å². The summed E-state index contributed by atoms with van der Waals surface area (Å²) in [6.07, 6.45) is 0.569. The predicted octanol–water partition coefficient (Wildman–Crippen LogP) is 6.34. The van der Waals surface area contributed by atoms with Crippen LogP contribution in [0.25, 0.3) is 0 Å². The third kappa shape index (κ3) is 3.03. The van der Waals surface area contributed by atoms with Crippen LogP contribution in [0.2, 0.25) is 5.02 Å². The second kappa shape index (κ2) is 6.70. The number of nitrogens with zero attached hydrogens (tertiary/aromatic N) is 2. The van der Waals surface area contributed by atoms with E-state index in [0.29, 0.717) is 5.02 Å². The van der Waals surface area contributed by atoms with Gasteiger partial charge in [-0.2, -0.15) is 5.10 Å². The molecule has 0 N–H and O–H groups in total. The molecule has 2 atom stereocenters. The average Bonchev–Trinajstić information content (AvgIpc) is 3.14. The molecular weight excluding hydrogens is 424 g/mol. The first kappa shape index (κ1) is 16.8. The van der Waals surface area contributed by atoms with E-state index in [1.54, 1.807) is 0 Å². The van der Waals surface area contributed by atoms with Gasteiger partial charge < -0.3 is 4.74 Å². The van der Waals surface area contributed by atoms with Gasteiger partial charge in [-0.1, -0.05) is 70.0 Å². The van der Waals surface area contributed by atoms with Crippen LogP contribution in [0.4, 0.5) is 0 Å². The fourth-order valence-electron chi connectivity index (χ4n) is 3.71. The summed E-state index contributed by atoms with van der Waals surface area (Å²) in [5, 5.41) is 7.75. The van der Waals surface area contributed by atoms with Gasteiger partial charge in [0, 0.05) is 27.0 Å². The largest absolute Gasteiger partial charge is 0.464 e. The molecule has 0 aromatic heterocycles. The van der Waals surface area contributed by atoms with Crippen molar-refractivity contribution in [3.8, 4) is 5.75 Å². The van der Waals surface area contributed by atoms with E-state index in [4.69, 9.17) is 21.4 Å².